The fraction of sp³-hybridized carbons (Fsp3) is 0.400. The van der Waals surface area contributed by atoms with E-state index in [1.807, 2.05) is 16.5 Å². The van der Waals surface area contributed by atoms with E-state index in [4.69, 9.17) is 20.8 Å². The highest BCUT2D eigenvalue weighted by Crippen LogP contribution is 2.43. The number of fused-ring (bicyclic) bond motifs is 1. The van der Waals surface area contributed by atoms with Crippen LogP contribution in [0.25, 0.3) is 16.2 Å². The van der Waals surface area contributed by atoms with Crippen LogP contribution in [0.1, 0.15) is 30.3 Å². The molecule has 38 heavy (non-hydrogen) atoms. The van der Waals surface area contributed by atoms with Crippen molar-refractivity contribution >= 4 is 49.7 Å². The van der Waals surface area contributed by atoms with Crippen molar-refractivity contribution in [3.05, 3.63) is 40.7 Å². The number of urea groups is 1. The van der Waals surface area contributed by atoms with Gasteiger partial charge < -0.3 is 20.4 Å². The number of nitrogens with zero attached hydrogens (tertiary/aromatic N) is 8. The second-order valence-electron chi connectivity index (χ2n) is 9.85. The Morgan fingerprint density at radius 3 is 2.55 bits per heavy atom. The SMILES string of the molecule is CCc1nc2sc(N3CCC4(CC3)CN(C(N)=O)C4)nn2c1N(C)c1nc(-c2ccc(F)cc2)c(C#N)s1. The summed E-state index contributed by atoms with van der Waals surface area (Å²) in [4.78, 5) is 28.2. The Balaban J connectivity index is 1.27. The summed E-state index contributed by atoms with van der Waals surface area (Å²) in [5.41, 5.74) is 7.71. The Hall–Kier alpha value is -3.76. The maximum Gasteiger partial charge on any atom is 0.314 e. The summed E-state index contributed by atoms with van der Waals surface area (Å²) < 4.78 is 15.3. The topological polar surface area (TPSA) is 120 Å². The number of likely N-dealkylation sites (tertiary alicyclic amines) is 1. The first-order chi connectivity index (χ1) is 18.3. The number of hydrogen-bond donors (Lipinski definition) is 1. The van der Waals surface area contributed by atoms with Crippen LogP contribution >= 0.6 is 22.7 Å². The zero-order chi connectivity index (χ0) is 26.6. The molecule has 10 nitrogen and oxygen atoms in total. The molecule has 0 radical (unpaired) electrons. The second-order valence-corrected chi connectivity index (χ2v) is 11.8. The first-order valence-corrected chi connectivity index (χ1v) is 14.0. The number of amides is 2. The molecule has 5 heterocycles. The van der Waals surface area contributed by atoms with E-state index in [1.165, 1.54) is 23.5 Å². The van der Waals surface area contributed by atoms with Gasteiger partial charge in [-0.1, -0.05) is 29.6 Å². The average Bonchev–Trinajstić information content (AvgIpc) is 3.60. The normalized spacial score (nSPS) is 16.6. The first-order valence-electron chi connectivity index (χ1n) is 12.4. The highest BCUT2D eigenvalue weighted by molar-refractivity contribution is 7.20. The van der Waals surface area contributed by atoms with Gasteiger partial charge in [0.05, 0.1) is 5.69 Å². The van der Waals surface area contributed by atoms with Crippen molar-refractivity contribution in [2.75, 3.05) is 43.0 Å². The smallest absolute Gasteiger partial charge is 0.314 e. The molecule has 13 heteroatoms. The third-order valence-corrected chi connectivity index (χ3v) is 9.48. The Morgan fingerprint density at radius 2 is 1.92 bits per heavy atom. The summed E-state index contributed by atoms with van der Waals surface area (Å²) >= 11 is 2.85. The Morgan fingerprint density at radius 1 is 1.21 bits per heavy atom. The van der Waals surface area contributed by atoms with Crippen molar-refractivity contribution in [2.45, 2.75) is 26.2 Å². The number of anilines is 3. The molecule has 4 aromatic rings. The van der Waals surface area contributed by atoms with Crippen LogP contribution in [0.2, 0.25) is 0 Å². The van der Waals surface area contributed by atoms with E-state index in [-0.39, 0.29) is 17.3 Å². The molecule has 3 aromatic heterocycles. The third kappa shape index (κ3) is 4.04. The number of nitriles is 1. The molecule has 2 aliphatic rings. The van der Waals surface area contributed by atoms with E-state index >= 15 is 0 Å². The minimum Gasteiger partial charge on any atom is -0.351 e. The molecule has 1 spiro atoms. The van der Waals surface area contributed by atoms with Gasteiger partial charge in [-0.15, -0.1) is 5.10 Å². The lowest BCUT2D eigenvalue weighted by atomic mass is 9.72. The fourth-order valence-corrected chi connectivity index (χ4v) is 7.12. The lowest BCUT2D eigenvalue weighted by Crippen LogP contribution is -2.63. The van der Waals surface area contributed by atoms with Gasteiger partial charge in [-0.2, -0.15) is 9.78 Å². The number of carbonyl (C=O) groups excluding carboxylic acids is 1. The molecule has 1 aromatic carbocycles. The molecule has 2 amide bonds. The van der Waals surface area contributed by atoms with Gasteiger partial charge in [0.2, 0.25) is 10.1 Å². The average molecular weight is 552 g/mol. The van der Waals surface area contributed by atoms with Crippen molar-refractivity contribution in [1.82, 2.24) is 24.5 Å². The predicted octanol–water partition coefficient (Wildman–Crippen LogP) is 4.24. The third-order valence-electron chi connectivity index (χ3n) is 7.47. The molecule has 2 N–H and O–H groups in total. The van der Waals surface area contributed by atoms with Crippen LogP contribution in [-0.2, 0) is 6.42 Å². The molecule has 0 aliphatic carbocycles. The largest absolute Gasteiger partial charge is 0.351 e. The monoisotopic (exact) mass is 551 g/mol. The number of rotatable bonds is 5. The van der Waals surface area contributed by atoms with E-state index < -0.39 is 0 Å². The molecule has 0 unspecified atom stereocenters. The number of piperidine rings is 1. The van der Waals surface area contributed by atoms with Gasteiger partial charge in [-0.25, -0.2) is 19.2 Å². The van der Waals surface area contributed by atoms with Crippen LogP contribution in [0.4, 0.5) is 25.3 Å². The molecule has 6 rings (SSSR count). The number of halogens is 1. The summed E-state index contributed by atoms with van der Waals surface area (Å²) in [5, 5.41) is 16.2. The Kier molecular flexibility index (Phi) is 5.96. The zero-order valence-electron chi connectivity index (χ0n) is 21.0. The number of thiazole rings is 1. The molecular formula is C25H26FN9OS2. The highest BCUT2D eigenvalue weighted by atomic mass is 32.1. The van der Waals surface area contributed by atoms with Crippen LogP contribution < -0.4 is 15.5 Å². The number of hydrogen-bond acceptors (Lipinski definition) is 9. The minimum atomic E-state index is -0.338. The van der Waals surface area contributed by atoms with Gasteiger partial charge >= 0.3 is 6.03 Å². The Labute approximate surface area is 226 Å². The number of imidazole rings is 1. The van der Waals surface area contributed by atoms with Crippen LogP contribution in [0.5, 0.6) is 0 Å². The van der Waals surface area contributed by atoms with Crippen molar-refractivity contribution in [1.29, 1.82) is 5.26 Å². The van der Waals surface area contributed by atoms with E-state index in [1.54, 1.807) is 28.4 Å². The van der Waals surface area contributed by atoms with E-state index in [9.17, 15) is 14.4 Å². The zero-order valence-corrected chi connectivity index (χ0v) is 22.6. The number of benzene rings is 1. The summed E-state index contributed by atoms with van der Waals surface area (Å²) in [7, 11) is 1.90. The van der Waals surface area contributed by atoms with Gasteiger partial charge in [0.25, 0.3) is 0 Å². The van der Waals surface area contributed by atoms with E-state index in [0.717, 1.165) is 67.0 Å². The van der Waals surface area contributed by atoms with E-state index in [0.29, 0.717) is 21.3 Å². The lowest BCUT2D eigenvalue weighted by Gasteiger charge is -2.53. The van der Waals surface area contributed by atoms with E-state index in [2.05, 4.69) is 17.9 Å². The maximum absolute atomic E-state index is 13.4. The molecule has 2 saturated heterocycles. The van der Waals surface area contributed by atoms with Crippen LogP contribution in [0.3, 0.4) is 0 Å². The van der Waals surface area contributed by atoms with Gasteiger partial charge in [-0.05, 0) is 43.5 Å². The molecular weight excluding hydrogens is 525 g/mol. The highest BCUT2D eigenvalue weighted by Gasteiger charge is 2.46. The van der Waals surface area contributed by atoms with Crippen LogP contribution in [0, 0.1) is 22.6 Å². The summed E-state index contributed by atoms with van der Waals surface area (Å²) in [6, 6.07) is 7.89. The minimum absolute atomic E-state index is 0.176. The first kappa shape index (κ1) is 24.6. The quantitative estimate of drug-likeness (QED) is 0.394. The van der Waals surface area contributed by atoms with Crippen LogP contribution in [-0.4, -0.2) is 63.7 Å². The van der Waals surface area contributed by atoms with Gasteiger partial charge in [-0.3, -0.25) is 0 Å². The summed E-state index contributed by atoms with van der Waals surface area (Å²) in [6.45, 7) is 5.27. The number of primary amides is 1. The molecule has 0 saturated carbocycles. The maximum atomic E-state index is 13.4. The van der Waals surface area contributed by atoms with Gasteiger partial charge in [0.1, 0.15) is 22.5 Å². The molecule has 196 valence electrons. The van der Waals surface area contributed by atoms with Crippen LogP contribution in [0.15, 0.2) is 24.3 Å². The summed E-state index contributed by atoms with van der Waals surface area (Å²) in [6.07, 6.45) is 2.71. The fourth-order valence-electron chi connectivity index (χ4n) is 5.30. The Bertz CT molecular complexity index is 1550. The molecule has 2 aliphatic heterocycles. The number of nitrogens with two attached hydrogens (primary N) is 1. The van der Waals surface area contributed by atoms with Gasteiger partial charge in [0.15, 0.2) is 10.9 Å². The van der Waals surface area contributed by atoms with Crippen molar-refractivity contribution in [3.8, 4) is 17.3 Å². The predicted molar refractivity (Wildman–Crippen MR) is 146 cm³/mol. The van der Waals surface area contributed by atoms with Gasteiger partial charge in [0, 0.05) is 44.2 Å². The number of aryl methyl sites for hydroxylation is 1. The standard InChI is InChI=1S/C25H26FN9OS2/c1-3-17-20(32(2)22-30-19(18(12-27)37-22)15-4-6-16(26)7-5-15)35-23(29-17)38-24(31-35)33-10-8-25(9-11-33)13-34(14-25)21(28)36/h4-7H,3,8-11,13-14H2,1-2H3,(H2,28,36). The number of aromatic nitrogens is 4. The molecule has 2 fully saturated rings. The second kappa shape index (κ2) is 9.21. The van der Waals surface area contributed by atoms with Crippen molar-refractivity contribution < 1.29 is 9.18 Å². The summed E-state index contributed by atoms with van der Waals surface area (Å²) in [5.74, 6) is 0.482. The molecule has 0 bridgehead atoms. The number of carbonyl (C=O) groups is 1. The lowest BCUT2D eigenvalue weighted by molar-refractivity contribution is 0.0143. The van der Waals surface area contributed by atoms with Crippen molar-refractivity contribution in [3.63, 3.8) is 0 Å². The van der Waals surface area contributed by atoms with Crippen molar-refractivity contribution in [2.24, 2.45) is 11.1 Å². The molecule has 0 atom stereocenters.